The Morgan fingerprint density at radius 3 is 2.76 bits per heavy atom. The van der Waals surface area contributed by atoms with E-state index < -0.39 is 0 Å². The highest BCUT2D eigenvalue weighted by Crippen LogP contribution is 2.21. The molecule has 0 saturated carbocycles. The van der Waals surface area contributed by atoms with Gasteiger partial charge in [-0.15, -0.1) is 0 Å². The molecule has 4 nitrogen and oxygen atoms in total. The lowest BCUT2D eigenvalue weighted by Gasteiger charge is -2.06. The summed E-state index contributed by atoms with van der Waals surface area (Å²) in [5.74, 6) is 0.675. The Bertz CT molecular complexity index is 933. The minimum Gasteiger partial charge on any atom is -0.496 e. The van der Waals surface area contributed by atoms with Gasteiger partial charge < -0.3 is 4.74 Å². The fraction of sp³-hybridized carbons (Fsp3) is 0.100. The van der Waals surface area contributed by atoms with Gasteiger partial charge in [-0.1, -0.05) is 42.5 Å². The number of carbonyl (C=O) groups excluding carboxylic acids is 1. The molecule has 0 unspecified atom stereocenters. The molecule has 0 heterocycles. The van der Waals surface area contributed by atoms with Crippen molar-refractivity contribution < 1.29 is 9.53 Å². The molecule has 0 bridgehead atoms. The molecule has 1 N–H and O–H groups in total. The molecule has 0 saturated heterocycles. The van der Waals surface area contributed by atoms with Crippen LogP contribution in [0.2, 0.25) is 0 Å². The number of ether oxygens (including phenoxy) is 1. The molecule has 1 amide bonds. The molecule has 126 valence electrons. The third-order valence-electron chi connectivity index (χ3n) is 3.81. The maximum Gasteiger partial charge on any atom is 0.244 e. The summed E-state index contributed by atoms with van der Waals surface area (Å²) in [5.41, 5.74) is 4.48. The van der Waals surface area contributed by atoms with Gasteiger partial charge in [-0.05, 0) is 62.7 Å². The number of methoxy groups -OCH3 is 1. The van der Waals surface area contributed by atoms with E-state index in [1.165, 1.54) is 0 Å². The van der Waals surface area contributed by atoms with Crippen molar-refractivity contribution in [2.24, 2.45) is 5.10 Å². The second-order valence-corrected chi connectivity index (χ2v) is 6.66. The number of benzene rings is 3. The summed E-state index contributed by atoms with van der Waals surface area (Å²) in [4.78, 5) is 12.2. The van der Waals surface area contributed by atoms with E-state index in [0.29, 0.717) is 6.42 Å². The summed E-state index contributed by atoms with van der Waals surface area (Å²) >= 11 is 2.20. The van der Waals surface area contributed by atoms with Crippen LogP contribution in [0.15, 0.2) is 65.8 Å². The van der Waals surface area contributed by atoms with E-state index >= 15 is 0 Å². The molecule has 25 heavy (non-hydrogen) atoms. The van der Waals surface area contributed by atoms with Gasteiger partial charge >= 0.3 is 0 Å². The molecule has 0 aliphatic heterocycles. The molecule has 0 aromatic heterocycles. The van der Waals surface area contributed by atoms with Crippen LogP contribution in [0.5, 0.6) is 5.75 Å². The highest BCUT2D eigenvalue weighted by molar-refractivity contribution is 14.1. The first-order valence-electron chi connectivity index (χ1n) is 7.79. The fourth-order valence-electron chi connectivity index (χ4n) is 2.60. The molecule has 0 atom stereocenters. The summed E-state index contributed by atoms with van der Waals surface area (Å²) in [5, 5.41) is 6.27. The Morgan fingerprint density at radius 1 is 1.16 bits per heavy atom. The molecule has 3 aromatic carbocycles. The zero-order valence-corrected chi connectivity index (χ0v) is 15.9. The van der Waals surface area contributed by atoms with Crippen LogP contribution in [0.4, 0.5) is 0 Å². The van der Waals surface area contributed by atoms with Gasteiger partial charge in [-0.3, -0.25) is 4.79 Å². The number of fused-ring (bicyclic) bond motifs is 1. The van der Waals surface area contributed by atoms with Crippen LogP contribution >= 0.6 is 22.6 Å². The van der Waals surface area contributed by atoms with Gasteiger partial charge in [-0.25, -0.2) is 5.43 Å². The molecular weight excluding hydrogens is 427 g/mol. The molecule has 0 aliphatic carbocycles. The second kappa shape index (κ2) is 8.11. The van der Waals surface area contributed by atoms with Gasteiger partial charge in [0.15, 0.2) is 0 Å². The maximum absolute atomic E-state index is 12.2. The zero-order chi connectivity index (χ0) is 17.6. The van der Waals surface area contributed by atoms with Crippen molar-refractivity contribution >= 4 is 45.5 Å². The Hall–Kier alpha value is -2.41. The number of rotatable bonds is 5. The Morgan fingerprint density at radius 2 is 1.96 bits per heavy atom. The zero-order valence-electron chi connectivity index (χ0n) is 13.7. The topological polar surface area (TPSA) is 50.7 Å². The van der Waals surface area contributed by atoms with Crippen molar-refractivity contribution in [3.63, 3.8) is 0 Å². The van der Waals surface area contributed by atoms with Crippen molar-refractivity contribution in [1.29, 1.82) is 0 Å². The lowest BCUT2D eigenvalue weighted by molar-refractivity contribution is -0.120. The van der Waals surface area contributed by atoms with Gasteiger partial charge in [0.25, 0.3) is 0 Å². The van der Waals surface area contributed by atoms with E-state index in [9.17, 15) is 4.79 Å². The molecule has 3 rings (SSSR count). The van der Waals surface area contributed by atoms with Crippen molar-refractivity contribution in [2.75, 3.05) is 7.11 Å². The number of halogens is 1. The summed E-state index contributed by atoms with van der Waals surface area (Å²) in [6, 6.07) is 19.7. The first-order valence-corrected chi connectivity index (χ1v) is 8.87. The van der Waals surface area contributed by atoms with E-state index in [0.717, 1.165) is 31.2 Å². The number of hydrogen-bond donors (Lipinski definition) is 1. The monoisotopic (exact) mass is 444 g/mol. The lowest BCUT2D eigenvalue weighted by atomic mass is 10.0. The van der Waals surface area contributed by atoms with Crippen LogP contribution in [-0.2, 0) is 11.2 Å². The Kier molecular flexibility index (Phi) is 5.65. The average Bonchev–Trinajstić information content (AvgIpc) is 2.62. The van der Waals surface area contributed by atoms with Crippen molar-refractivity contribution in [3.05, 3.63) is 75.4 Å². The van der Waals surface area contributed by atoms with Crippen molar-refractivity contribution in [3.8, 4) is 5.75 Å². The van der Waals surface area contributed by atoms with E-state index in [2.05, 4.69) is 33.1 Å². The van der Waals surface area contributed by atoms with Crippen LogP contribution in [0, 0.1) is 3.57 Å². The van der Waals surface area contributed by atoms with E-state index in [1.807, 2.05) is 60.7 Å². The summed E-state index contributed by atoms with van der Waals surface area (Å²) in [7, 11) is 1.64. The highest BCUT2D eigenvalue weighted by Gasteiger charge is 2.06. The molecule has 0 radical (unpaired) electrons. The Balaban J connectivity index is 1.65. The molecular formula is C20H17IN2O2. The number of nitrogens with zero attached hydrogens (tertiary/aromatic N) is 1. The second-order valence-electron chi connectivity index (χ2n) is 5.50. The molecule has 3 aromatic rings. The standard InChI is InChI=1S/C20H17IN2O2/c1-25-19-10-9-14(11-18(19)21)13-22-23-20(24)12-16-7-4-6-15-5-2-3-8-17(15)16/h2-11,13H,12H2,1H3,(H,23,24). The predicted molar refractivity (Wildman–Crippen MR) is 109 cm³/mol. The smallest absolute Gasteiger partial charge is 0.244 e. The lowest BCUT2D eigenvalue weighted by Crippen LogP contribution is -2.19. The predicted octanol–water partition coefficient (Wildman–Crippen LogP) is 4.15. The summed E-state index contributed by atoms with van der Waals surface area (Å²) in [6.07, 6.45) is 1.92. The molecule has 0 spiro atoms. The SMILES string of the molecule is COc1ccc(C=NNC(=O)Cc2cccc3ccccc23)cc1I. The van der Waals surface area contributed by atoms with Crippen molar-refractivity contribution in [1.82, 2.24) is 5.43 Å². The number of amides is 1. The van der Waals surface area contributed by atoms with Crippen LogP contribution in [0.3, 0.4) is 0 Å². The van der Waals surface area contributed by atoms with Gasteiger partial charge in [0.05, 0.1) is 23.3 Å². The molecule has 0 aliphatic rings. The number of carbonyl (C=O) groups is 1. The average molecular weight is 444 g/mol. The van der Waals surface area contributed by atoms with E-state index in [4.69, 9.17) is 4.74 Å². The van der Waals surface area contributed by atoms with Gasteiger partial charge in [-0.2, -0.15) is 5.10 Å². The van der Waals surface area contributed by atoms with E-state index in [1.54, 1.807) is 13.3 Å². The number of hydrazone groups is 1. The minimum absolute atomic E-state index is 0.143. The third-order valence-corrected chi connectivity index (χ3v) is 4.65. The quantitative estimate of drug-likeness (QED) is 0.365. The van der Waals surface area contributed by atoms with Gasteiger partial charge in [0.1, 0.15) is 5.75 Å². The minimum atomic E-state index is -0.143. The number of nitrogens with one attached hydrogen (secondary N) is 1. The fourth-order valence-corrected chi connectivity index (χ4v) is 3.36. The third kappa shape index (κ3) is 4.36. The summed E-state index contributed by atoms with van der Waals surface area (Å²) in [6.45, 7) is 0. The first kappa shape index (κ1) is 17.4. The van der Waals surface area contributed by atoms with Crippen LogP contribution < -0.4 is 10.2 Å². The van der Waals surface area contributed by atoms with Crippen LogP contribution in [0.1, 0.15) is 11.1 Å². The van der Waals surface area contributed by atoms with Gasteiger partial charge in [0, 0.05) is 0 Å². The number of hydrogen-bond acceptors (Lipinski definition) is 3. The van der Waals surface area contributed by atoms with Gasteiger partial charge in [0.2, 0.25) is 5.91 Å². The highest BCUT2D eigenvalue weighted by atomic mass is 127. The van der Waals surface area contributed by atoms with Crippen molar-refractivity contribution in [2.45, 2.75) is 6.42 Å². The molecule has 0 fully saturated rings. The van der Waals surface area contributed by atoms with E-state index in [-0.39, 0.29) is 5.91 Å². The largest absolute Gasteiger partial charge is 0.496 e. The maximum atomic E-state index is 12.2. The molecule has 5 heteroatoms. The Labute approximate surface area is 160 Å². The van der Waals surface area contributed by atoms with Crippen LogP contribution in [0.25, 0.3) is 10.8 Å². The first-order chi connectivity index (χ1) is 12.2. The normalized spacial score (nSPS) is 11.0. The summed E-state index contributed by atoms with van der Waals surface area (Å²) < 4.78 is 6.21. The van der Waals surface area contributed by atoms with Crippen LogP contribution in [-0.4, -0.2) is 19.2 Å².